The van der Waals surface area contributed by atoms with Crippen LogP contribution in [0.2, 0.25) is 0 Å². The first kappa shape index (κ1) is 9.27. The van der Waals surface area contributed by atoms with E-state index in [9.17, 15) is 4.79 Å². The summed E-state index contributed by atoms with van der Waals surface area (Å²) in [5.41, 5.74) is -0.146. The first-order valence-corrected chi connectivity index (χ1v) is 4.87. The number of pyridine rings is 1. The van der Waals surface area contributed by atoms with Crippen molar-refractivity contribution in [2.75, 3.05) is 7.11 Å². The smallest absolute Gasteiger partial charge is 0.259 e. The lowest BCUT2D eigenvalue weighted by Crippen LogP contribution is -2.07. The zero-order chi connectivity index (χ0) is 10.1. The van der Waals surface area contributed by atoms with E-state index >= 15 is 0 Å². The normalized spacial score (nSPS) is 10.4. The van der Waals surface area contributed by atoms with Gasteiger partial charge < -0.3 is 4.74 Å². The third kappa shape index (κ3) is 1.42. The molecule has 0 radical (unpaired) electrons. The summed E-state index contributed by atoms with van der Waals surface area (Å²) in [6.45, 7) is 0. The van der Waals surface area contributed by atoms with Gasteiger partial charge in [0.25, 0.3) is 5.56 Å². The van der Waals surface area contributed by atoms with E-state index in [4.69, 9.17) is 4.74 Å². The van der Waals surface area contributed by atoms with Crippen LogP contribution in [0.1, 0.15) is 0 Å². The number of rotatable bonds is 1. The number of fused-ring (bicyclic) bond motifs is 1. The number of halogens is 1. The van der Waals surface area contributed by atoms with Crippen LogP contribution in [0.15, 0.2) is 33.5 Å². The van der Waals surface area contributed by atoms with Crippen molar-refractivity contribution in [1.29, 1.82) is 0 Å². The van der Waals surface area contributed by atoms with Crippen LogP contribution in [-0.4, -0.2) is 12.1 Å². The van der Waals surface area contributed by atoms with E-state index in [0.29, 0.717) is 11.3 Å². The predicted octanol–water partition coefficient (Wildman–Crippen LogP) is 2.30. The van der Waals surface area contributed by atoms with Crippen LogP contribution in [0, 0.1) is 0 Å². The molecule has 2 aromatic rings. The minimum absolute atomic E-state index is 0.146. The monoisotopic (exact) mass is 253 g/mol. The highest BCUT2D eigenvalue weighted by Crippen LogP contribution is 2.22. The van der Waals surface area contributed by atoms with Crippen LogP contribution in [0.4, 0.5) is 0 Å². The number of aromatic nitrogens is 1. The molecule has 0 aliphatic heterocycles. The summed E-state index contributed by atoms with van der Waals surface area (Å²) >= 11 is 3.33. The second kappa shape index (κ2) is 3.46. The molecule has 0 saturated heterocycles. The maximum absolute atomic E-state index is 11.6. The molecule has 0 amide bonds. The van der Waals surface area contributed by atoms with Crippen LogP contribution in [-0.2, 0) is 0 Å². The molecule has 0 aliphatic rings. The minimum atomic E-state index is -0.146. The van der Waals surface area contributed by atoms with Crippen LogP contribution in [0.25, 0.3) is 10.8 Å². The Kier molecular flexibility index (Phi) is 2.29. The molecule has 0 unspecified atom stereocenters. The van der Waals surface area contributed by atoms with Crippen LogP contribution < -0.4 is 10.3 Å². The predicted molar refractivity (Wildman–Crippen MR) is 58.8 cm³/mol. The largest absolute Gasteiger partial charge is 0.482 e. The molecule has 14 heavy (non-hydrogen) atoms. The van der Waals surface area contributed by atoms with Gasteiger partial charge in [0.1, 0.15) is 0 Å². The molecule has 0 bridgehead atoms. The van der Waals surface area contributed by atoms with Crippen LogP contribution in [0.3, 0.4) is 0 Å². The summed E-state index contributed by atoms with van der Waals surface area (Å²) in [6.07, 6.45) is 0. The number of methoxy groups -OCH3 is 1. The van der Waals surface area contributed by atoms with E-state index < -0.39 is 0 Å². The van der Waals surface area contributed by atoms with Gasteiger partial charge in [-0.05, 0) is 27.4 Å². The van der Waals surface area contributed by atoms with Gasteiger partial charge in [-0.15, -0.1) is 0 Å². The zero-order valence-electron chi connectivity index (χ0n) is 7.50. The fourth-order valence-corrected chi connectivity index (χ4v) is 1.92. The third-order valence-electron chi connectivity index (χ3n) is 2.02. The molecule has 72 valence electrons. The molecule has 1 heterocycles. The fraction of sp³-hybridized carbons (Fsp3) is 0.100. The van der Waals surface area contributed by atoms with E-state index in [1.165, 1.54) is 7.11 Å². The number of benzene rings is 1. The van der Waals surface area contributed by atoms with E-state index in [1.54, 1.807) is 6.07 Å². The highest BCUT2D eigenvalue weighted by atomic mass is 79.9. The summed E-state index contributed by atoms with van der Waals surface area (Å²) in [6, 6.07) is 7.38. The van der Waals surface area contributed by atoms with Gasteiger partial charge in [0.15, 0.2) is 5.88 Å². The Balaban J connectivity index is 2.90. The molecule has 1 aromatic heterocycles. The Morgan fingerprint density at radius 3 is 2.93 bits per heavy atom. The molecule has 0 saturated carbocycles. The topological polar surface area (TPSA) is 42.1 Å². The Morgan fingerprint density at radius 1 is 1.43 bits per heavy atom. The lowest BCUT2D eigenvalue weighted by atomic mass is 10.2. The summed E-state index contributed by atoms with van der Waals surface area (Å²) in [4.78, 5) is 14.2. The Hall–Kier alpha value is -1.29. The number of hydrogen-bond donors (Lipinski definition) is 1. The summed E-state index contributed by atoms with van der Waals surface area (Å²) in [5, 5.41) is 1.51. The molecular weight excluding hydrogens is 246 g/mol. The number of ether oxygens (including phenoxy) is 1. The maximum atomic E-state index is 11.6. The second-order valence-corrected chi connectivity index (χ2v) is 3.73. The average Bonchev–Trinajstić information content (AvgIpc) is 2.17. The van der Waals surface area contributed by atoms with Gasteiger partial charge in [0.2, 0.25) is 0 Å². The molecule has 0 fully saturated rings. The standard InChI is InChI=1S/C10H8BrNO2/c1-14-8-5-6-3-2-4-7(11)9(6)10(13)12-8/h2-5H,1H3,(H,12,13). The van der Waals surface area contributed by atoms with Gasteiger partial charge in [-0.2, -0.15) is 0 Å². The van der Waals surface area contributed by atoms with Crippen molar-refractivity contribution >= 4 is 26.7 Å². The Labute approximate surface area is 88.8 Å². The Morgan fingerprint density at radius 2 is 2.21 bits per heavy atom. The molecule has 1 N–H and O–H groups in total. The Bertz CT molecular complexity index is 533. The molecule has 0 spiro atoms. The van der Waals surface area contributed by atoms with Crippen molar-refractivity contribution in [3.63, 3.8) is 0 Å². The van der Waals surface area contributed by atoms with E-state index in [1.807, 2.05) is 18.2 Å². The highest BCUT2D eigenvalue weighted by molar-refractivity contribution is 9.10. The van der Waals surface area contributed by atoms with Crippen molar-refractivity contribution in [2.45, 2.75) is 0 Å². The third-order valence-corrected chi connectivity index (χ3v) is 2.68. The molecule has 0 aliphatic carbocycles. The lowest BCUT2D eigenvalue weighted by Gasteiger charge is -2.02. The molecule has 4 heteroatoms. The zero-order valence-corrected chi connectivity index (χ0v) is 9.09. The fourth-order valence-electron chi connectivity index (χ4n) is 1.36. The molecule has 1 aromatic carbocycles. The second-order valence-electron chi connectivity index (χ2n) is 2.87. The lowest BCUT2D eigenvalue weighted by molar-refractivity contribution is 0.397. The molecule has 3 nitrogen and oxygen atoms in total. The average molecular weight is 254 g/mol. The van der Waals surface area contributed by atoms with Crippen molar-refractivity contribution in [1.82, 2.24) is 4.98 Å². The molecule has 2 rings (SSSR count). The van der Waals surface area contributed by atoms with Gasteiger partial charge in [-0.25, -0.2) is 0 Å². The van der Waals surface area contributed by atoms with Crippen molar-refractivity contribution in [3.05, 3.63) is 39.1 Å². The number of hydrogen-bond acceptors (Lipinski definition) is 2. The minimum Gasteiger partial charge on any atom is -0.482 e. The van der Waals surface area contributed by atoms with Gasteiger partial charge in [-0.3, -0.25) is 9.78 Å². The van der Waals surface area contributed by atoms with Gasteiger partial charge in [0.05, 0.1) is 12.5 Å². The maximum Gasteiger partial charge on any atom is 0.259 e. The quantitative estimate of drug-likeness (QED) is 0.848. The summed E-state index contributed by atoms with van der Waals surface area (Å²) in [5.74, 6) is 0.473. The van der Waals surface area contributed by atoms with Gasteiger partial charge in [0, 0.05) is 10.5 Å². The summed E-state index contributed by atoms with van der Waals surface area (Å²) < 4.78 is 5.76. The van der Waals surface area contributed by atoms with E-state index in [0.717, 1.165) is 9.86 Å². The highest BCUT2D eigenvalue weighted by Gasteiger charge is 2.04. The van der Waals surface area contributed by atoms with Gasteiger partial charge in [-0.1, -0.05) is 12.1 Å². The molecule has 0 atom stereocenters. The van der Waals surface area contributed by atoms with Crippen molar-refractivity contribution < 1.29 is 4.74 Å². The van der Waals surface area contributed by atoms with Crippen molar-refractivity contribution in [2.24, 2.45) is 0 Å². The van der Waals surface area contributed by atoms with Crippen LogP contribution in [0.5, 0.6) is 5.88 Å². The number of H-pyrrole nitrogens is 1. The number of nitrogens with one attached hydrogen (secondary N) is 1. The van der Waals surface area contributed by atoms with E-state index in [2.05, 4.69) is 20.9 Å². The van der Waals surface area contributed by atoms with Gasteiger partial charge >= 0.3 is 0 Å². The van der Waals surface area contributed by atoms with E-state index in [-0.39, 0.29) is 5.56 Å². The number of aromatic amines is 1. The van der Waals surface area contributed by atoms with Crippen LogP contribution >= 0.6 is 15.9 Å². The summed E-state index contributed by atoms with van der Waals surface area (Å²) in [7, 11) is 1.52. The SMILES string of the molecule is COc1cc2cccc(Br)c2c(=O)[nH]1. The first-order valence-electron chi connectivity index (χ1n) is 4.08. The van der Waals surface area contributed by atoms with Crippen molar-refractivity contribution in [3.8, 4) is 5.88 Å². The first-order chi connectivity index (χ1) is 6.72. The molecular formula is C10H8BrNO2.